The van der Waals surface area contributed by atoms with Crippen molar-refractivity contribution in [2.24, 2.45) is 7.05 Å². The minimum Gasteiger partial charge on any atom is -0.396 e. The number of rotatable bonds is 4. The Morgan fingerprint density at radius 3 is 2.43 bits per heavy atom. The van der Waals surface area contributed by atoms with Gasteiger partial charge in [0.25, 0.3) is 5.91 Å². The Labute approximate surface area is 125 Å². The maximum atomic E-state index is 12.3. The first-order valence-corrected chi connectivity index (χ1v) is 7.02. The van der Waals surface area contributed by atoms with Crippen molar-refractivity contribution in [1.29, 1.82) is 0 Å². The van der Waals surface area contributed by atoms with E-state index in [1.165, 1.54) is 5.56 Å². The third-order valence-electron chi connectivity index (χ3n) is 3.47. The lowest BCUT2D eigenvalue weighted by molar-refractivity contribution is 0.0779. The van der Waals surface area contributed by atoms with Crippen LogP contribution < -0.4 is 5.73 Å². The number of nitrogen functional groups attached to an aromatic ring is 1. The van der Waals surface area contributed by atoms with Crippen LogP contribution >= 0.6 is 0 Å². The number of carbonyl (C=O) groups is 1. The van der Waals surface area contributed by atoms with Crippen molar-refractivity contribution in [3.05, 3.63) is 47.3 Å². The van der Waals surface area contributed by atoms with Gasteiger partial charge in [0.1, 0.15) is 0 Å². The van der Waals surface area contributed by atoms with Gasteiger partial charge in [0, 0.05) is 26.8 Å². The largest absolute Gasteiger partial charge is 0.396 e. The highest BCUT2D eigenvalue weighted by molar-refractivity contribution is 5.96. The van der Waals surface area contributed by atoms with Crippen LogP contribution in [0.2, 0.25) is 0 Å². The number of hydrogen-bond acceptors (Lipinski definition) is 3. The van der Waals surface area contributed by atoms with E-state index in [9.17, 15) is 4.79 Å². The molecule has 112 valence electrons. The normalized spacial score (nSPS) is 10.9. The van der Waals surface area contributed by atoms with Crippen molar-refractivity contribution in [3.63, 3.8) is 0 Å². The summed E-state index contributed by atoms with van der Waals surface area (Å²) in [5.74, 6) is 0.341. The first-order chi connectivity index (χ1) is 9.88. The lowest BCUT2D eigenvalue weighted by Gasteiger charge is -2.17. The van der Waals surface area contributed by atoms with Crippen molar-refractivity contribution < 1.29 is 4.79 Å². The molecular weight excluding hydrogens is 264 g/mol. The third kappa shape index (κ3) is 3.42. The number of aryl methyl sites for hydroxylation is 1. The summed E-state index contributed by atoms with van der Waals surface area (Å²) in [6, 6.07) is 8.32. The van der Waals surface area contributed by atoms with Gasteiger partial charge in [0.15, 0.2) is 5.69 Å². The summed E-state index contributed by atoms with van der Waals surface area (Å²) in [4.78, 5) is 14.0. The molecule has 21 heavy (non-hydrogen) atoms. The fourth-order valence-corrected chi connectivity index (χ4v) is 2.21. The standard InChI is InChI=1S/C16H22N4O/c1-11(2)13-7-5-12(6-8-13)9-19(3)16(21)15-14(17)10-20(4)18-15/h5-8,10-11H,9,17H2,1-4H3. The van der Waals surface area contributed by atoms with E-state index in [-0.39, 0.29) is 5.91 Å². The number of aromatic nitrogens is 2. The molecule has 0 saturated heterocycles. The summed E-state index contributed by atoms with van der Waals surface area (Å²) in [6.07, 6.45) is 1.64. The zero-order chi connectivity index (χ0) is 15.6. The van der Waals surface area contributed by atoms with Crippen molar-refractivity contribution in [3.8, 4) is 0 Å². The SMILES string of the molecule is CC(C)c1ccc(CN(C)C(=O)c2nn(C)cc2N)cc1. The first-order valence-electron chi connectivity index (χ1n) is 7.02. The van der Waals surface area contributed by atoms with Crippen LogP contribution in [0.5, 0.6) is 0 Å². The van der Waals surface area contributed by atoms with Crippen LogP contribution in [0.4, 0.5) is 5.69 Å². The van der Waals surface area contributed by atoms with E-state index < -0.39 is 0 Å². The second-order valence-electron chi connectivity index (χ2n) is 5.66. The molecule has 1 aromatic carbocycles. The summed E-state index contributed by atoms with van der Waals surface area (Å²) in [5.41, 5.74) is 8.89. The van der Waals surface area contributed by atoms with Gasteiger partial charge in [-0.25, -0.2) is 0 Å². The third-order valence-corrected chi connectivity index (χ3v) is 3.47. The van der Waals surface area contributed by atoms with Gasteiger partial charge in [-0.15, -0.1) is 0 Å². The average Bonchev–Trinajstić information content (AvgIpc) is 2.77. The van der Waals surface area contributed by atoms with E-state index in [1.807, 2.05) is 0 Å². The van der Waals surface area contributed by atoms with Crippen LogP contribution in [0.15, 0.2) is 30.5 Å². The van der Waals surface area contributed by atoms with Crippen LogP contribution in [0.1, 0.15) is 41.4 Å². The summed E-state index contributed by atoms with van der Waals surface area (Å²) in [7, 11) is 3.50. The smallest absolute Gasteiger partial charge is 0.276 e. The van der Waals surface area contributed by atoms with Crippen LogP contribution in [0, 0.1) is 0 Å². The van der Waals surface area contributed by atoms with E-state index in [0.717, 1.165) is 5.56 Å². The monoisotopic (exact) mass is 286 g/mol. The van der Waals surface area contributed by atoms with E-state index in [1.54, 1.807) is 29.9 Å². The Balaban J connectivity index is 2.08. The van der Waals surface area contributed by atoms with Crippen LogP contribution in [0.25, 0.3) is 0 Å². The van der Waals surface area contributed by atoms with Gasteiger partial charge in [-0.3, -0.25) is 9.48 Å². The maximum Gasteiger partial charge on any atom is 0.276 e. The molecule has 0 atom stereocenters. The topological polar surface area (TPSA) is 64.2 Å². The number of hydrogen-bond donors (Lipinski definition) is 1. The molecule has 0 unspecified atom stereocenters. The molecule has 2 N–H and O–H groups in total. The van der Waals surface area contributed by atoms with Gasteiger partial charge >= 0.3 is 0 Å². The predicted molar refractivity (Wildman–Crippen MR) is 83.9 cm³/mol. The molecule has 0 radical (unpaired) electrons. The number of amides is 1. The van der Waals surface area contributed by atoms with Crippen molar-refractivity contribution >= 4 is 11.6 Å². The Morgan fingerprint density at radius 2 is 1.95 bits per heavy atom. The second kappa shape index (κ2) is 5.99. The van der Waals surface area contributed by atoms with E-state index >= 15 is 0 Å². The van der Waals surface area contributed by atoms with Crippen molar-refractivity contribution in [2.45, 2.75) is 26.3 Å². The molecule has 0 aliphatic carbocycles. The second-order valence-corrected chi connectivity index (χ2v) is 5.66. The zero-order valence-electron chi connectivity index (χ0n) is 13.0. The summed E-state index contributed by atoms with van der Waals surface area (Å²) < 4.78 is 1.55. The van der Waals surface area contributed by atoms with Crippen molar-refractivity contribution in [1.82, 2.24) is 14.7 Å². The Morgan fingerprint density at radius 1 is 1.33 bits per heavy atom. The van der Waals surface area contributed by atoms with Crippen LogP contribution in [-0.4, -0.2) is 27.6 Å². The Kier molecular flexibility index (Phi) is 4.31. The van der Waals surface area contributed by atoms with Gasteiger partial charge in [0.2, 0.25) is 0 Å². The van der Waals surface area contributed by atoms with Gasteiger partial charge < -0.3 is 10.6 Å². The molecule has 2 aromatic rings. The molecule has 1 heterocycles. The van der Waals surface area contributed by atoms with Gasteiger partial charge in [0.05, 0.1) is 5.69 Å². The first kappa shape index (κ1) is 15.1. The van der Waals surface area contributed by atoms with Gasteiger partial charge in [-0.2, -0.15) is 5.10 Å². The molecular formula is C16H22N4O. The van der Waals surface area contributed by atoms with Gasteiger partial charge in [-0.05, 0) is 17.0 Å². The average molecular weight is 286 g/mol. The molecule has 1 amide bonds. The molecule has 0 spiro atoms. The quantitative estimate of drug-likeness (QED) is 0.938. The molecule has 5 heteroatoms. The van der Waals surface area contributed by atoms with E-state index in [4.69, 9.17) is 5.73 Å². The number of carbonyl (C=O) groups excluding carboxylic acids is 1. The van der Waals surface area contributed by atoms with Gasteiger partial charge in [-0.1, -0.05) is 38.1 Å². The summed E-state index contributed by atoms with van der Waals surface area (Å²) >= 11 is 0. The molecule has 1 aromatic heterocycles. The predicted octanol–water partition coefficient (Wildman–Crippen LogP) is 2.40. The lowest BCUT2D eigenvalue weighted by Crippen LogP contribution is -2.27. The highest BCUT2D eigenvalue weighted by atomic mass is 16.2. The highest BCUT2D eigenvalue weighted by Crippen LogP contribution is 2.17. The number of nitrogens with zero attached hydrogens (tertiary/aromatic N) is 3. The fraction of sp³-hybridized carbons (Fsp3) is 0.375. The maximum absolute atomic E-state index is 12.3. The number of nitrogens with two attached hydrogens (primary N) is 1. The Hall–Kier alpha value is -2.30. The number of anilines is 1. The van der Waals surface area contributed by atoms with E-state index in [0.29, 0.717) is 23.8 Å². The molecule has 0 aliphatic rings. The zero-order valence-corrected chi connectivity index (χ0v) is 13.0. The highest BCUT2D eigenvalue weighted by Gasteiger charge is 2.18. The van der Waals surface area contributed by atoms with Crippen molar-refractivity contribution in [2.75, 3.05) is 12.8 Å². The molecule has 0 aliphatic heterocycles. The molecule has 0 fully saturated rings. The molecule has 0 bridgehead atoms. The minimum atomic E-state index is -0.166. The lowest BCUT2D eigenvalue weighted by atomic mass is 10.0. The molecule has 5 nitrogen and oxygen atoms in total. The summed E-state index contributed by atoms with van der Waals surface area (Å²) in [6.45, 7) is 4.86. The fourth-order valence-electron chi connectivity index (χ4n) is 2.21. The van der Waals surface area contributed by atoms with Crippen LogP contribution in [-0.2, 0) is 13.6 Å². The Bertz CT molecular complexity index is 628. The summed E-state index contributed by atoms with van der Waals surface area (Å²) in [5, 5.41) is 4.11. The van der Waals surface area contributed by atoms with E-state index in [2.05, 4.69) is 43.2 Å². The number of benzene rings is 1. The molecule has 2 rings (SSSR count). The molecule has 0 saturated carbocycles. The van der Waals surface area contributed by atoms with Crippen LogP contribution in [0.3, 0.4) is 0 Å². The minimum absolute atomic E-state index is 0.166.